The van der Waals surface area contributed by atoms with Gasteiger partial charge in [-0.25, -0.2) is 13.8 Å². The van der Waals surface area contributed by atoms with E-state index in [1.54, 1.807) is 27.7 Å². The zero-order valence-electron chi connectivity index (χ0n) is 25.0. The first-order valence-electron chi connectivity index (χ1n) is 14.6. The van der Waals surface area contributed by atoms with Crippen LogP contribution in [0.4, 0.5) is 8.78 Å². The Morgan fingerprint density at radius 2 is 2.00 bits per heavy atom. The number of nitrogens with zero attached hydrogens (tertiary/aromatic N) is 6. The van der Waals surface area contributed by atoms with E-state index in [1.165, 1.54) is 17.4 Å². The summed E-state index contributed by atoms with van der Waals surface area (Å²) in [5, 5.41) is 16.9. The first-order chi connectivity index (χ1) is 22.2. The van der Waals surface area contributed by atoms with Crippen LogP contribution in [0.25, 0.3) is 43.9 Å². The topological polar surface area (TPSA) is 114 Å². The molecule has 234 valence electrons. The molecule has 1 N–H and O–H groups in total. The third-order valence-corrected chi connectivity index (χ3v) is 9.31. The number of carbonyl (C=O) groups excluding carboxylic acids is 2. The fraction of sp³-hybridized carbons (Fsp3) is 0.242. The third kappa shape index (κ3) is 4.74. The molecule has 7 rings (SSSR count). The standard InChI is InChI=1S/C33H28F2N6O4S/c1-4-26(43)40-6-7-41-24(17(40)2)14-23(38-41)31-28(27-22(35)12-20(34)13-25(27)45-9-8-42)32-21(5-10-46-32)29(37-31)18-11-19-16-39(3)33(44)30(19)36-15-18/h4-5,10-15,17,42H,1,6-9,16H2,2-3H3. The van der Waals surface area contributed by atoms with E-state index in [-0.39, 0.29) is 42.4 Å². The summed E-state index contributed by atoms with van der Waals surface area (Å²) >= 11 is 1.35. The van der Waals surface area contributed by atoms with Gasteiger partial charge in [0.1, 0.15) is 41.1 Å². The van der Waals surface area contributed by atoms with Crippen molar-refractivity contribution in [3.05, 3.63) is 83.1 Å². The number of halogens is 2. The molecule has 2 amide bonds. The van der Waals surface area contributed by atoms with Gasteiger partial charge in [-0.05, 0) is 36.6 Å². The molecule has 4 aromatic heterocycles. The smallest absolute Gasteiger partial charge is 0.272 e. The van der Waals surface area contributed by atoms with Crippen LogP contribution in [0.2, 0.25) is 0 Å². The summed E-state index contributed by atoms with van der Waals surface area (Å²) < 4.78 is 38.6. The minimum Gasteiger partial charge on any atom is -0.490 e. The number of ether oxygens (including phenoxy) is 1. The number of aromatic nitrogens is 4. The molecule has 0 saturated carbocycles. The van der Waals surface area contributed by atoms with Crippen LogP contribution in [-0.2, 0) is 17.9 Å². The van der Waals surface area contributed by atoms with E-state index in [1.807, 2.05) is 30.5 Å². The van der Waals surface area contributed by atoms with Gasteiger partial charge in [0.15, 0.2) is 0 Å². The molecule has 2 aliphatic heterocycles. The lowest BCUT2D eigenvalue weighted by Gasteiger charge is -2.33. The molecule has 6 heterocycles. The molecule has 0 aliphatic carbocycles. The highest BCUT2D eigenvalue weighted by Gasteiger charge is 2.32. The predicted molar refractivity (Wildman–Crippen MR) is 168 cm³/mol. The lowest BCUT2D eigenvalue weighted by Crippen LogP contribution is -2.40. The average Bonchev–Trinajstić information content (AvgIpc) is 3.77. The van der Waals surface area contributed by atoms with Gasteiger partial charge >= 0.3 is 0 Å². The van der Waals surface area contributed by atoms with Crippen LogP contribution in [0, 0.1) is 11.6 Å². The number of pyridine rings is 2. The Kier molecular flexibility index (Phi) is 7.36. The number of aliphatic hydroxyl groups excluding tert-OH is 1. The summed E-state index contributed by atoms with van der Waals surface area (Å²) in [5.41, 5.74) is 4.19. The second-order valence-corrected chi connectivity index (χ2v) is 12.1. The molecule has 0 radical (unpaired) electrons. The highest BCUT2D eigenvalue weighted by Crippen LogP contribution is 2.47. The Balaban J connectivity index is 1.50. The molecule has 46 heavy (non-hydrogen) atoms. The number of benzene rings is 1. The zero-order valence-corrected chi connectivity index (χ0v) is 25.8. The summed E-state index contributed by atoms with van der Waals surface area (Å²) in [6, 6.07) is 7.13. The third-order valence-electron chi connectivity index (χ3n) is 8.38. The molecule has 10 nitrogen and oxygen atoms in total. The van der Waals surface area contributed by atoms with Crippen molar-refractivity contribution in [1.29, 1.82) is 0 Å². The minimum absolute atomic E-state index is 0.0156. The molecule has 0 spiro atoms. The lowest BCUT2D eigenvalue weighted by molar-refractivity contribution is -0.129. The monoisotopic (exact) mass is 642 g/mol. The van der Waals surface area contributed by atoms with Gasteiger partial charge in [-0.1, -0.05) is 6.58 Å². The fourth-order valence-electron chi connectivity index (χ4n) is 6.22. The van der Waals surface area contributed by atoms with Crippen molar-refractivity contribution in [3.63, 3.8) is 0 Å². The zero-order chi connectivity index (χ0) is 32.3. The Morgan fingerprint density at radius 1 is 1.17 bits per heavy atom. The van der Waals surface area contributed by atoms with E-state index in [9.17, 15) is 19.1 Å². The van der Waals surface area contributed by atoms with Crippen molar-refractivity contribution >= 4 is 33.2 Å². The van der Waals surface area contributed by atoms with Gasteiger partial charge in [0.25, 0.3) is 5.91 Å². The largest absolute Gasteiger partial charge is 0.490 e. The summed E-state index contributed by atoms with van der Waals surface area (Å²) in [5.74, 6) is -2.13. The van der Waals surface area contributed by atoms with Crippen LogP contribution < -0.4 is 4.74 Å². The molecule has 0 bridgehead atoms. The SMILES string of the molecule is C=CC(=O)N1CCn2nc(-c3nc(-c4cnc5c(c4)CN(C)C5=O)c4ccsc4c3-c3c(F)cc(F)cc3OCCO)cc2C1C. The lowest BCUT2D eigenvalue weighted by atomic mass is 9.96. The van der Waals surface area contributed by atoms with Gasteiger partial charge in [-0.3, -0.25) is 19.3 Å². The second-order valence-electron chi connectivity index (χ2n) is 11.2. The number of hydrogen-bond acceptors (Lipinski definition) is 8. The predicted octanol–water partition coefficient (Wildman–Crippen LogP) is 5.21. The van der Waals surface area contributed by atoms with E-state index < -0.39 is 11.6 Å². The van der Waals surface area contributed by atoms with Gasteiger partial charge in [-0.15, -0.1) is 11.3 Å². The van der Waals surface area contributed by atoms with E-state index >= 15 is 4.39 Å². The van der Waals surface area contributed by atoms with Crippen LogP contribution in [0.15, 0.2) is 54.6 Å². The second kappa shape index (κ2) is 11.4. The molecule has 1 atom stereocenters. The summed E-state index contributed by atoms with van der Waals surface area (Å²) in [4.78, 5) is 38.0. The van der Waals surface area contributed by atoms with Crippen molar-refractivity contribution in [1.82, 2.24) is 29.5 Å². The quantitative estimate of drug-likeness (QED) is 0.243. The molecule has 5 aromatic rings. The molecule has 1 unspecified atom stereocenters. The van der Waals surface area contributed by atoms with Crippen molar-refractivity contribution in [3.8, 4) is 39.5 Å². The van der Waals surface area contributed by atoms with Crippen LogP contribution in [0.1, 0.15) is 34.7 Å². The fourth-order valence-corrected chi connectivity index (χ4v) is 7.17. The number of hydrogen-bond donors (Lipinski definition) is 1. The van der Waals surface area contributed by atoms with Gasteiger partial charge in [0, 0.05) is 65.2 Å². The van der Waals surface area contributed by atoms with E-state index in [2.05, 4.69) is 11.6 Å². The normalized spacial score (nSPS) is 15.8. The van der Waals surface area contributed by atoms with E-state index in [4.69, 9.17) is 14.8 Å². The highest BCUT2D eigenvalue weighted by molar-refractivity contribution is 7.18. The van der Waals surface area contributed by atoms with Crippen molar-refractivity contribution in [2.75, 3.05) is 26.8 Å². The first kappa shape index (κ1) is 29.7. The number of rotatable bonds is 7. The Bertz CT molecular complexity index is 2070. The Hall–Kier alpha value is -5.01. The van der Waals surface area contributed by atoms with Crippen molar-refractivity contribution < 1.29 is 28.2 Å². The Labute approximate surface area is 266 Å². The number of aliphatic hydroxyl groups is 1. The Morgan fingerprint density at radius 3 is 2.78 bits per heavy atom. The minimum atomic E-state index is -0.862. The number of amides is 2. The summed E-state index contributed by atoms with van der Waals surface area (Å²) in [6.45, 7) is 6.24. The van der Waals surface area contributed by atoms with Crippen molar-refractivity contribution in [2.24, 2.45) is 0 Å². The summed E-state index contributed by atoms with van der Waals surface area (Å²) in [6.07, 6.45) is 2.88. The van der Waals surface area contributed by atoms with E-state index in [0.29, 0.717) is 63.6 Å². The van der Waals surface area contributed by atoms with Gasteiger partial charge in [0.2, 0.25) is 5.91 Å². The molecule has 1 aromatic carbocycles. The van der Waals surface area contributed by atoms with Crippen molar-refractivity contribution in [2.45, 2.75) is 26.1 Å². The van der Waals surface area contributed by atoms with E-state index in [0.717, 1.165) is 23.4 Å². The first-order valence-corrected chi connectivity index (χ1v) is 15.5. The van der Waals surface area contributed by atoms with Crippen LogP contribution in [0.5, 0.6) is 5.75 Å². The van der Waals surface area contributed by atoms with Gasteiger partial charge < -0.3 is 19.6 Å². The maximum atomic E-state index is 15.9. The molecular formula is C33H28F2N6O4S. The number of fused-ring (bicyclic) bond motifs is 3. The highest BCUT2D eigenvalue weighted by atomic mass is 32.1. The van der Waals surface area contributed by atoms with Crippen LogP contribution >= 0.6 is 11.3 Å². The summed E-state index contributed by atoms with van der Waals surface area (Å²) in [7, 11) is 1.71. The van der Waals surface area contributed by atoms with Gasteiger partial charge in [0.05, 0.1) is 36.1 Å². The molecule has 2 aliphatic rings. The molecular weight excluding hydrogens is 614 g/mol. The number of carbonyl (C=O) groups is 2. The molecule has 0 fully saturated rings. The van der Waals surface area contributed by atoms with Crippen LogP contribution in [-0.4, -0.2) is 73.3 Å². The van der Waals surface area contributed by atoms with Gasteiger partial charge in [-0.2, -0.15) is 5.10 Å². The maximum absolute atomic E-state index is 15.9. The van der Waals surface area contributed by atoms with Crippen LogP contribution in [0.3, 0.4) is 0 Å². The average molecular weight is 643 g/mol. The molecule has 0 saturated heterocycles. The number of thiophene rings is 1. The molecule has 13 heteroatoms. The maximum Gasteiger partial charge on any atom is 0.272 e.